The Morgan fingerprint density at radius 1 is 1.11 bits per heavy atom. The molecular formula is C13H7BrN2S2. The molecule has 4 rings (SSSR count). The van der Waals surface area contributed by atoms with Gasteiger partial charge in [0.25, 0.3) is 0 Å². The van der Waals surface area contributed by atoms with Crippen LogP contribution in [0.25, 0.3) is 31.6 Å². The molecule has 0 spiro atoms. The second kappa shape index (κ2) is 3.91. The lowest BCUT2D eigenvalue weighted by molar-refractivity contribution is 1.34. The van der Waals surface area contributed by atoms with Crippen LogP contribution in [0.1, 0.15) is 0 Å². The maximum atomic E-state index is 4.25. The third-order valence-corrected chi connectivity index (χ3v) is 6.32. The number of thiophene rings is 2. The van der Waals surface area contributed by atoms with E-state index in [1.807, 2.05) is 0 Å². The molecule has 0 bridgehead atoms. The lowest BCUT2D eigenvalue weighted by atomic mass is 10.1. The number of nitrogens with one attached hydrogen (secondary N) is 1. The molecule has 18 heavy (non-hydrogen) atoms. The molecule has 0 saturated carbocycles. The number of aromatic nitrogens is 2. The Hall–Kier alpha value is -1.17. The van der Waals surface area contributed by atoms with Crippen molar-refractivity contribution >= 4 is 59.0 Å². The van der Waals surface area contributed by atoms with Crippen LogP contribution in [0.2, 0.25) is 0 Å². The van der Waals surface area contributed by atoms with E-state index in [-0.39, 0.29) is 0 Å². The summed E-state index contributed by atoms with van der Waals surface area (Å²) in [5, 5.41) is 4.38. The predicted octanol–water partition coefficient (Wildman–Crippen LogP) is 5.27. The number of rotatable bonds is 1. The Morgan fingerprint density at radius 3 is 2.94 bits per heavy atom. The molecule has 0 amide bonds. The van der Waals surface area contributed by atoms with Gasteiger partial charge in [-0.2, -0.15) is 0 Å². The van der Waals surface area contributed by atoms with Crippen molar-refractivity contribution < 1.29 is 0 Å². The molecule has 3 aromatic heterocycles. The lowest BCUT2D eigenvalue weighted by Gasteiger charge is -1.98. The number of aromatic amines is 1. The maximum absolute atomic E-state index is 4.25. The van der Waals surface area contributed by atoms with Gasteiger partial charge in [0.1, 0.15) is 0 Å². The highest BCUT2D eigenvalue weighted by molar-refractivity contribution is 9.10. The van der Waals surface area contributed by atoms with Crippen LogP contribution in [-0.2, 0) is 0 Å². The van der Waals surface area contributed by atoms with Gasteiger partial charge in [-0.25, -0.2) is 4.98 Å². The first kappa shape index (κ1) is 10.7. The topological polar surface area (TPSA) is 28.7 Å². The van der Waals surface area contributed by atoms with E-state index >= 15 is 0 Å². The Labute approximate surface area is 119 Å². The summed E-state index contributed by atoms with van der Waals surface area (Å²) in [6.45, 7) is 0. The smallest absolute Gasteiger partial charge is 0.0931 e. The molecule has 0 aliphatic rings. The number of benzene rings is 1. The molecule has 2 nitrogen and oxygen atoms in total. The molecule has 0 unspecified atom stereocenters. The molecular weight excluding hydrogens is 328 g/mol. The number of nitrogens with zero attached hydrogens (tertiary/aromatic N) is 1. The molecule has 1 aromatic carbocycles. The van der Waals surface area contributed by atoms with Gasteiger partial charge in [-0.05, 0) is 33.6 Å². The van der Waals surface area contributed by atoms with Crippen LogP contribution in [0.4, 0.5) is 0 Å². The minimum absolute atomic E-state index is 1.01. The van der Waals surface area contributed by atoms with E-state index in [0.29, 0.717) is 0 Å². The highest BCUT2D eigenvalue weighted by atomic mass is 79.9. The molecule has 0 saturated heterocycles. The highest BCUT2D eigenvalue weighted by Crippen LogP contribution is 2.42. The van der Waals surface area contributed by atoms with Crippen molar-refractivity contribution in [1.29, 1.82) is 0 Å². The van der Waals surface area contributed by atoms with Crippen molar-refractivity contribution in [2.75, 3.05) is 0 Å². The Morgan fingerprint density at radius 2 is 2.00 bits per heavy atom. The quantitative estimate of drug-likeness (QED) is 0.504. The summed E-state index contributed by atoms with van der Waals surface area (Å²) in [5.41, 5.74) is 4.65. The third kappa shape index (κ3) is 1.48. The molecule has 3 heterocycles. The van der Waals surface area contributed by atoms with Crippen LogP contribution in [0.3, 0.4) is 0 Å². The minimum atomic E-state index is 1.01. The first-order chi connectivity index (χ1) is 8.83. The van der Waals surface area contributed by atoms with E-state index in [0.717, 1.165) is 11.0 Å². The fourth-order valence-corrected chi connectivity index (χ4v) is 5.16. The largest absolute Gasteiger partial charge is 0.345 e. The molecule has 0 atom stereocenters. The average molecular weight is 335 g/mol. The standard InChI is InChI=1S/C13H7BrN2S2/c14-9-5-18-12-8(4-17-13(9)12)7-1-2-10-11(3-7)16-6-15-10/h1-6H,(H,15,16). The number of hydrogen-bond acceptors (Lipinski definition) is 3. The molecule has 0 aliphatic heterocycles. The first-order valence-corrected chi connectivity index (χ1v) is 7.96. The van der Waals surface area contributed by atoms with Gasteiger partial charge in [0.15, 0.2) is 0 Å². The van der Waals surface area contributed by atoms with E-state index in [4.69, 9.17) is 0 Å². The zero-order valence-corrected chi connectivity index (χ0v) is 12.3. The summed E-state index contributed by atoms with van der Waals surface area (Å²) in [6.07, 6.45) is 1.74. The van der Waals surface area contributed by atoms with E-state index in [1.165, 1.54) is 25.0 Å². The predicted molar refractivity (Wildman–Crippen MR) is 82.5 cm³/mol. The summed E-state index contributed by atoms with van der Waals surface area (Å²) < 4.78 is 3.88. The van der Waals surface area contributed by atoms with Crippen LogP contribution in [0.5, 0.6) is 0 Å². The van der Waals surface area contributed by atoms with Crippen molar-refractivity contribution in [3.05, 3.63) is 39.8 Å². The molecule has 0 radical (unpaired) electrons. The maximum Gasteiger partial charge on any atom is 0.0931 e. The highest BCUT2D eigenvalue weighted by Gasteiger charge is 2.11. The number of imidazole rings is 1. The van der Waals surface area contributed by atoms with Crippen LogP contribution >= 0.6 is 38.6 Å². The van der Waals surface area contributed by atoms with E-state index in [1.54, 1.807) is 29.0 Å². The van der Waals surface area contributed by atoms with Gasteiger partial charge >= 0.3 is 0 Å². The fraction of sp³-hybridized carbons (Fsp3) is 0. The van der Waals surface area contributed by atoms with Gasteiger partial charge in [-0.15, -0.1) is 22.7 Å². The summed E-state index contributed by atoms with van der Waals surface area (Å²) in [7, 11) is 0. The van der Waals surface area contributed by atoms with Crippen LogP contribution in [0.15, 0.2) is 39.8 Å². The monoisotopic (exact) mass is 334 g/mol. The third-order valence-electron chi connectivity index (χ3n) is 2.97. The van der Waals surface area contributed by atoms with Crippen molar-refractivity contribution in [2.45, 2.75) is 0 Å². The van der Waals surface area contributed by atoms with Gasteiger partial charge in [-0.1, -0.05) is 6.07 Å². The van der Waals surface area contributed by atoms with E-state index in [9.17, 15) is 0 Å². The normalized spacial score (nSPS) is 11.6. The van der Waals surface area contributed by atoms with E-state index in [2.05, 4.69) is 54.9 Å². The van der Waals surface area contributed by atoms with Crippen LogP contribution < -0.4 is 0 Å². The zero-order valence-electron chi connectivity index (χ0n) is 9.11. The number of H-pyrrole nitrogens is 1. The second-order valence-electron chi connectivity index (χ2n) is 4.03. The second-order valence-corrected chi connectivity index (χ2v) is 6.64. The summed E-state index contributed by atoms with van der Waals surface area (Å²) in [5.74, 6) is 0. The van der Waals surface area contributed by atoms with Crippen molar-refractivity contribution in [3.63, 3.8) is 0 Å². The van der Waals surface area contributed by atoms with Crippen molar-refractivity contribution in [1.82, 2.24) is 9.97 Å². The average Bonchev–Trinajstić information content (AvgIpc) is 3.06. The van der Waals surface area contributed by atoms with Gasteiger partial charge in [0.05, 0.1) is 26.8 Å². The number of hydrogen-bond donors (Lipinski definition) is 1. The molecule has 5 heteroatoms. The molecule has 4 aromatic rings. The van der Waals surface area contributed by atoms with Gasteiger partial charge < -0.3 is 4.98 Å². The number of fused-ring (bicyclic) bond motifs is 2. The van der Waals surface area contributed by atoms with Crippen LogP contribution in [-0.4, -0.2) is 9.97 Å². The molecule has 88 valence electrons. The number of halogens is 1. The molecule has 0 fully saturated rings. The first-order valence-electron chi connectivity index (χ1n) is 5.40. The fourth-order valence-electron chi connectivity index (χ4n) is 2.10. The summed E-state index contributed by atoms with van der Waals surface area (Å²) in [6, 6.07) is 6.36. The van der Waals surface area contributed by atoms with E-state index < -0.39 is 0 Å². The Balaban J connectivity index is 2.00. The summed E-state index contributed by atoms with van der Waals surface area (Å²) in [4.78, 5) is 7.41. The van der Waals surface area contributed by atoms with Crippen molar-refractivity contribution in [3.8, 4) is 11.1 Å². The Kier molecular flexibility index (Phi) is 2.33. The van der Waals surface area contributed by atoms with Gasteiger partial charge in [-0.3, -0.25) is 0 Å². The summed E-state index contributed by atoms with van der Waals surface area (Å²) >= 11 is 7.17. The molecule has 1 N–H and O–H groups in total. The molecule has 0 aliphatic carbocycles. The Bertz CT molecular complexity index is 856. The van der Waals surface area contributed by atoms with Crippen molar-refractivity contribution in [2.24, 2.45) is 0 Å². The minimum Gasteiger partial charge on any atom is -0.345 e. The van der Waals surface area contributed by atoms with Gasteiger partial charge in [0.2, 0.25) is 0 Å². The van der Waals surface area contributed by atoms with Gasteiger partial charge in [0, 0.05) is 20.8 Å². The zero-order chi connectivity index (χ0) is 12.1. The SMILES string of the molecule is Brc1csc2c(-c3ccc4nc[nH]c4c3)csc12. The lowest BCUT2D eigenvalue weighted by Crippen LogP contribution is -1.75. The van der Waals surface area contributed by atoms with Crippen LogP contribution in [0, 0.1) is 0 Å².